The molecule has 1 N–H and O–H groups in total. The lowest BCUT2D eigenvalue weighted by molar-refractivity contribution is 0.856. The van der Waals surface area contributed by atoms with Crippen LogP contribution in [-0.2, 0) is 12.2 Å². The fraction of sp³-hybridized carbons (Fsp3) is 0.105. The van der Waals surface area contributed by atoms with Crippen LogP contribution in [0.4, 0.5) is 0 Å². The maximum Gasteiger partial charge on any atom is 0.274 e. The number of hydrogen-bond donors (Lipinski definition) is 1. The van der Waals surface area contributed by atoms with Crippen LogP contribution in [0.25, 0.3) is 5.78 Å². The van der Waals surface area contributed by atoms with Crippen molar-refractivity contribution in [2.24, 2.45) is 0 Å². The molecule has 124 valence electrons. The van der Waals surface area contributed by atoms with Crippen molar-refractivity contribution in [2.75, 3.05) is 0 Å². The van der Waals surface area contributed by atoms with E-state index in [1.165, 1.54) is 4.52 Å². The second-order valence-corrected chi connectivity index (χ2v) is 6.70. The van der Waals surface area contributed by atoms with E-state index < -0.39 is 0 Å². The van der Waals surface area contributed by atoms with Crippen molar-refractivity contribution in [1.29, 1.82) is 0 Å². The van der Waals surface area contributed by atoms with E-state index in [2.05, 4.69) is 15.1 Å². The van der Waals surface area contributed by atoms with Crippen LogP contribution in [0.2, 0.25) is 0 Å². The number of H-pyrrole nitrogens is 1. The molecule has 25 heavy (non-hydrogen) atoms. The van der Waals surface area contributed by atoms with E-state index in [0.29, 0.717) is 18.0 Å². The summed E-state index contributed by atoms with van der Waals surface area (Å²) in [5.74, 6) is 1.78. The van der Waals surface area contributed by atoms with Gasteiger partial charge in [-0.05, 0) is 17.7 Å². The molecular formula is C19H16N4OS. The summed E-state index contributed by atoms with van der Waals surface area (Å²) >= 11 is 1.65. The highest BCUT2D eigenvalue weighted by Gasteiger charge is 2.09. The van der Waals surface area contributed by atoms with Crippen LogP contribution in [0.3, 0.4) is 0 Å². The molecule has 4 aromatic rings. The molecule has 2 aromatic carbocycles. The number of thioether (sulfide) groups is 1. The topological polar surface area (TPSA) is 63.0 Å². The van der Waals surface area contributed by atoms with E-state index in [1.807, 2.05) is 60.7 Å². The largest absolute Gasteiger partial charge is 0.275 e. The average molecular weight is 348 g/mol. The quantitative estimate of drug-likeness (QED) is 0.562. The second-order valence-electron chi connectivity index (χ2n) is 5.66. The molecule has 0 atom stereocenters. The maximum absolute atomic E-state index is 12.3. The first-order valence-electron chi connectivity index (χ1n) is 7.97. The Labute approximate surface area is 148 Å². The molecule has 2 heterocycles. The number of rotatable bonds is 5. The van der Waals surface area contributed by atoms with E-state index in [9.17, 15) is 4.79 Å². The molecule has 0 saturated carbocycles. The molecule has 5 nitrogen and oxygen atoms in total. The van der Waals surface area contributed by atoms with Crippen molar-refractivity contribution >= 4 is 17.5 Å². The third-order valence-electron chi connectivity index (χ3n) is 3.77. The Morgan fingerprint density at radius 3 is 2.44 bits per heavy atom. The van der Waals surface area contributed by atoms with Gasteiger partial charge in [-0.25, -0.2) is 4.98 Å². The summed E-state index contributed by atoms with van der Waals surface area (Å²) in [5, 5.41) is 3.04. The van der Waals surface area contributed by atoms with Crippen LogP contribution < -0.4 is 5.56 Å². The van der Waals surface area contributed by atoms with Crippen LogP contribution >= 0.6 is 11.8 Å². The fourth-order valence-corrected chi connectivity index (χ4v) is 3.40. The molecule has 4 rings (SSSR count). The van der Waals surface area contributed by atoms with Gasteiger partial charge >= 0.3 is 0 Å². The second kappa shape index (κ2) is 6.94. The molecule has 0 amide bonds. The van der Waals surface area contributed by atoms with Crippen molar-refractivity contribution in [2.45, 2.75) is 17.1 Å². The van der Waals surface area contributed by atoms with Gasteiger partial charge in [0.1, 0.15) is 5.82 Å². The Morgan fingerprint density at radius 1 is 0.960 bits per heavy atom. The number of nitrogens with zero attached hydrogens (tertiary/aromatic N) is 3. The van der Waals surface area contributed by atoms with Gasteiger partial charge in [-0.1, -0.05) is 48.5 Å². The highest BCUT2D eigenvalue weighted by atomic mass is 32.2. The van der Waals surface area contributed by atoms with Crippen LogP contribution in [-0.4, -0.2) is 19.6 Å². The molecule has 6 heteroatoms. The zero-order chi connectivity index (χ0) is 17.1. The van der Waals surface area contributed by atoms with Gasteiger partial charge in [-0.3, -0.25) is 9.89 Å². The number of aromatic nitrogens is 4. The molecule has 0 spiro atoms. The molecule has 0 aliphatic heterocycles. The minimum Gasteiger partial charge on any atom is -0.275 e. The molecule has 2 aromatic heterocycles. The minimum atomic E-state index is -0.138. The Kier molecular flexibility index (Phi) is 4.35. The van der Waals surface area contributed by atoms with Crippen molar-refractivity contribution in [3.05, 3.63) is 94.2 Å². The summed E-state index contributed by atoms with van der Waals surface area (Å²) in [6.07, 6.45) is 0.637. The fourth-order valence-electron chi connectivity index (χ4n) is 2.59. The van der Waals surface area contributed by atoms with Crippen LogP contribution in [0.5, 0.6) is 0 Å². The van der Waals surface area contributed by atoms with Gasteiger partial charge in [0, 0.05) is 23.1 Å². The monoisotopic (exact) mass is 348 g/mol. The number of benzene rings is 2. The summed E-state index contributed by atoms with van der Waals surface area (Å²) in [7, 11) is 0. The number of hydrogen-bond acceptors (Lipinski definition) is 4. The number of nitrogens with one attached hydrogen (secondary N) is 1. The predicted molar refractivity (Wildman–Crippen MR) is 98.9 cm³/mol. The van der Waals surface area contributed by atoms with E-state index in [-0.39, 0.29) is 5.56 Å². The highest BCUT2D eigenvalue weighted by Crippen LogP contribution is 2.20. The van der Waals surface area contributed by atoms with E-state index in [4.69, 9.17) is 0 Å². The maximum atomic E-state index is 12.3. The smallest absolute Gasteiger partial charge is 0.274 e. The molecule has 0 bridgehead atoms. The highest BCUT2D eigenvalue weighted by molar-refractivity contribution is 7.98. The van der Waals surface area contributed by atoms with Crippen LogP contribution in [0, 0.1) is 0 Å². The summed E-state index contributed by atoms with van der Waals surface area (Å²) in [6, 6.07) is 21.6. The van der Waals surface area contributed by atoms with Gasteiger partial charge in [0.2, 0.25) is 0 Å². The van der Waals surface area contributed by atoms with Crippen molar-refractivity contribution in [3.63, 3.8) is 0 Å². The van der Waals surface area contributed by atoms with Gasteiger partial charge in [0.05, 0.1) is 5.69 Å². The molecule has 0 aliphatic carbocycles. The van der Waals surface area contributed by atoms with Crippen molar-refractivity contribution in [3.8, 4) is 0 Å². The summed E-state index contributed by atoms with van der Waals surface area (Å²) < 4.78 is 1.40. The third kappa shape index (κ3) is 3.64. The summed E-state index contributed by atoms with van der Waals surface area (Å²) in [4.78, 5) is 22.5. The molecule has 0 saturated heterocycles. The third-order valence-corrected chi connectivity index (χ3v) is 4.82. The lowest BCUT2D eigenvalue weighted by Gasteiger charge is -2.01. The first kappa shape index (κ1) is 15.7. The normalized spacial score (nSPS) is 11.0. The standard InChI is InChI=1S/C19H16N4OS/c24-18-12-15(13-25-16-9-5-2-6-10-16)20-19-21-17(22-23(18)19)11-14-7-3-1-4-8-14/h1-10,12H,11,13H2,(H,20,21,22). The Hall–Kier alpha value is -2.86. The Balaban J connectivity index is 1.57. The van der Waals surface area contributed by atoms with Crippen LogP contribution in [0.15, 0.2) is 76.4 Å². The van der Waals surface area contributed by atoms with E-state index >= 15 is 0 Å². The first-order valence-corrected chi connectivity index (χ1v) is 8.96. The number of aromatic amines is 1. The summed E-state index contributed by atoms with van der Waals surface area (Å²) in [5.41, 5.74) is 1.73. The lowest BCUT2D eigenvalue weighted by Crippen LogP contribution is -2.15. The molecule has 0 unspecified atom stereocenters. The Bertz CT molecular complexity index is 1040. The van der Waals surface area contributed by atoms with Crippen molar-refractivity contribution in [1.82, 2.24) is 19.6 Å². The van der Waals surface area contributed by atoms with Gasteiger partial charge in [-0.2, -0.15) is 9.50 Å². The van der Waals surface area contributed by atoms with Crippen LogP contribution in [0.1, 0.15) is 17.1 Å². The number of fused-ring (bicyclic) bond motifs is 1. The van der Waals surface area contributed by atoms with Gasteiger partial charge < -0.3 is 0 Å². The molecule has 0 fully saturated rings. The van der Waals surface area contributed by atoms with E-state index in [1.54, 1.807) is 17.8 Å². The molecular weight excluding hydrogens is 332 g/mol. The van der Waals surface area contributed by atoms with Gasteiger partial charge in [0.25, 0.3) is 11.3 Å². The summed E-state index contributed by atoms with van der Waals surface area (Å²) in [6.45, 7) is 0. The first-order chi connectivity index (χ1) is 12.3. The van der Waals surface area contributed by atoms with Gasteiger partial charge in [0.15, 0.2) is 0 Å². The molecule has 0 aliphatic rings. The lowest BCUT2D eigenvalue weighted by atomic mass is 10.1. The van der Waals surface area contributed by atoms with Gasteiger partial charge in [-0.15, -0.1) is 11.8 Å². The minimum absolute atomic E-state index is 0.138. The molecule has 0 radical (unpaired) electrons. The zero-order valence-corrected chi connectivity index (χ0v) is 14.2. The SMILES string of the molecule is O=c1cc(CSc2ccccc2)nc2nc(Cc3ccccc3)[nH]n12. The predicted octanol–water partition coefficient (Wildman–Crippen LogP) is 3.30. The average Bonchev–Trinajstić information content (AvgIpc) is 3.05. The van der Waals surface area contributed by atoms with Crippen molar-refractivity contribution < 1.29 is 0 Å². The van der Waals surface area contributed by atoms with E-state index in [0.717, 1.165) is 22.0 Å². The Morgan fingerprint density at radius 2 is 1.68 bits per heavy atom. The zero-order valence-electron chi connectivity index (χ0n) is 13.4.